The van der Waals surface area contributed by atoms with Gasteiger partial charge in [-0.2, -0.15) is 5.10 Å². The first-order valence-corrected chi connectivity index (χ1v) is 5.40. The molecule has 0 atom stereocenters. The smallest absolute Gasteiger partial charge is 0.405 e. The molecule has 1 aromatic heterocycles. The van der Waals surface area contributed by atoms with Gasteiger partial charge in [0.05, 0.1) is 12.1 Å². The molecule has 0 aliphatic carbocycles. The van der Waals surface area contributed by atoms with Gasteiger partial charge in [0.15, 0.2) is 6.29 Å². The normalized spacial score (nSPS) is 11.4. The molecule has 1 aromatic carbocycles. The number of rotatable bonds is 4. The molecule has 4 nitrogen and oxygen atoms in total. The number of carbonyl (C=O) groups excluding carboxylic acids is 1. The van der Waals surface area contributed by atoms with Crippen molar-refractivity contribution >= 4 is 6.29 Å². The Kier molecular flexibility index (Phi) is 3.73. The molecule has 2 rings (SSSR count). The summed E-state index contributed by atoms with van der Waals surface area (Å²) < 4.78 is 55.3. The quantitative estimate of drug-likeness (QED) is 0.642. The molecule has 2 aromatic rings. The number of aldehydes is 1. The van der Waals surface area contributed by atoms with E-state index in [-0.39, 0.29) is 18.4 Å². The molecular formula is C12H8F4N2O2. The van der Waals surface area contributed by atoms with Crippen molar-refractivity contribution in [1.82, 2.24) is 9.78 Å². The zero-order valence-electron chi connectivity index (χ0n) is 9.89. The number of aromatic nitrogens is 2. The zero-order valence-corrected chi connectivity index (χ0v) is 9.89. The minimum absolute atomic E-state index is 0.0197. The number of benzene rings is 1. The molecule has 20 heavy (non-hydrogen) atoms. The van der Waals surface area contributed by atoms with Gasteiger partial charge in [-0.15, -0.1) is 13.2 Å². The number of hydrogen-bond acceptors (Lipinski definition) is 3. The highest BCUT2D eigenvalue weighted by Crippen LogP contribution is 2.28. The summed E-state index contributed by atoms with van der Waals surface area (Å²) in [4.78, 5) is 10.7. The summed E-state index contributed by atoms with van der Waals surface area (Å²) >= 11 is 0. The lowest BCUT2D eigenvalue weighted by Gasteiger charge is -2.13. The fourth-order valence-corrected chi connectivity index (χ4v) is 1.64. The summed E-state index contributed by atoms with van der Waals surface area (Å²) in [6.45, 7) is 0.0529. The van der Waals surface area contributed by atoms with Crippen molar-refractivity contribution in [2.75, 3.05) is 0 Å². The number of carbonyl (C=O) groups is 1. The van der Waals surface area contributed by atoms with E-state index in [9.17, 15) is 22.4 Å². The first-order chi connectivity index (χ1) is 9.39. The number of ether oxygens (including phenoxy) is 1. The van der Waals surface area contributed by atoms with E-state index in [4.69, 9.17) is 0 Å². The third-order valence-corrected chi connectivity index (χ3v) is 2.40. The van der Waals surface area contributed by atoms with Gasteiger partial charge in [-0.05, 0) is 23.8 Å². The van der Waals surface area contributed by atoms with E-state index < -0.39 is 23.5 Å². The summed E-state index contributed by atoms with van der Waals surface area (Å²) in [6, 6.07) is 3.54. The van der Waals surface area contributed by atoms with Gasteiger partial charge in [-0.1, -0.05) is 0 Å². The summed E-state index contributed by atoms with van der Waals surface area (Å²) in [7, 11) is 0. The van der Waals surface area contributed by atoms with Crippen LogP contribution in [-0.4, -0.2) is 22.4 Å². The van der Waals surface area contributed by atoms with Crippen LogP contribution >= 0.6 is 0 Å². The maximum absolute atomic E-state index is 13.6. The first-order valence-electron chi connectivity index (χ1n) is 5.40. The second-order valence-corrected chi connectivity index (χ2v) is 3.86. The Morgan fingerprint density at radius 3 is 2.65 bits per heavy atom. The Balaban J connectivity index is 2.38. The summed E-state index contributed by atoms with van der Waals surface area (Å²) in [5, 5.41) is 3.85. The fraction of sp³-hybridized carbons (Fsp3) is 0.167. The van der Waals surface area contributed by atoms with Crippen molar-refractivity contribution < 1.29 is 27.1 Å². The Morgan fingerprint density at radius 1 is 1.35 bits per heavy atom. The van der Waals surface area contributed by atoms with E-state index in [0.29, 0.717) is 0 Å². The van der Waals surface area contributed by atoms with Crippen LogP contribution in [0, 0.1) is 5.82 Å². The van der Waals surface area contributed by atoms with E-state index in [1.807, 2.05) is 0 Å². The van der Waals surface area contributed by atoms with Crippen LogP contribution in [0.1, 0.15) is 15.9 Å². The Hall–Kier alpha value is -2.38. The molecule has 0 aliphatic rings. The second-order valence-electron chi connectivity index (χ2n) is 3.86. The second kappa shape index (κ2) is 5.32. The largest absolute Gasteiger partial charge is 0.573 e. The molecule has 8 heteroatoms. The molecule has 0 N–H and O–H groups in total. The van der Waals surface area contributed by atoms with Crippen LogP contribution in [0.3, 0.4) is 0 Å². The van der Waals surface area contributed by atoms with Gasteiger partial charge < -0.3 is 4.74 Å². The van der Waals surface area contributed by atoms with E-state index >= 15 is 0 Å². The predicted octanol–water partition coefficient (Wildman–Crippen LogP) is 2.78. The van der Waals surface area contributed by atoms with Gasteiger partial charge in [0, 0.05) is 12.4 Å². The Morgan fingerprint density at radius 2 is 2.10 bits per heavy atom. The lowest BCUT2D eigenvalue weighted by atomic mass is 10.1. The number of nitrogens with zero attached hydrogens (tertiary/aromatic N) is 2. The van der Waals surface area contributed by atoms with Crippen LogP contribution in [-0.2, 0) is 6.54 Å². The van der Waals surface area contributed by atoms with Crippen LogP contribution in [0.25, 0.3) is 0 Å². The van der Waals surface area contributed by atoms with Crippen molar-refractivity contribution in [2.45, 2.75) is 12.9 Å². The summed E-state index contributed by atoms with van der Waals surface area (Å²) in [5.41, 5.74) is -0.581. The van der Waals surface area contributed by atoms with Crippen LogP contribution in [0.4, 0.5) is 17.6 Å². The van der Waals surface area contributed by atoms with Gasteiger partial charge in [0.1, 0.15) is 11.6 Å². The maximum atomic E-state index is 13.6. The number of halogens is 4. The molecule has 0 spiro atoms. The molecule has 106 valence electrons. The van der Waals surface area contributed by atoms with Crippen LogP contribution < -0.4 is 4.74 Å². The maximum Gasteiger partial charge on any atom is 0.573 e. The molecule has 1 heterocycles. The molecule has 0 amide bonds. The van der Waals surface area contributed by atoms with Gasteiger partial charge >= 0.3 is 6.36 Å². The molecule has 0 bridgehead atoms. The number of hydrogen-bond donors (Lipinski definition) is 0. The highest BCUT2D eigenvalue weighted by atomic mass is 19.4. The first kappa shape index (κ1) is 14.0. The minimum atomic E-state index is -5.01. The topological polar surface area (TPSA) is 44.1 Å². The Labute approximate surface area is 110 Å². The average Bonchev–Trinajstić information content (AvgIpc) is 2.79. The fourth-order valence-electron chi connectivity index (χ4n) is 1.64. The third-order valence-electron chi connectivity index (χ3n) is 2.40. The van der Waals surface area contributed by atoms with Gasteiger partial charge in [0.25, 0.3) is 0 Å². The van der Waals surface area contributed by atoms with Crippen molar-refractivity contribution in [2.24, 2.45) is 0 Å². The van der Waals surface area contributed by atoms with Crippen molar-refractivity contribution in [3.05, 3.63) is 47.5 Å². The molecule has 0 aliphatic heterocycles. The molecule has 0 fully saturated rings. The number of alkyl halides is 3. The molecule has 0 radical (unpaired) electrons. The lowest BCUT2D eigenvalue weighted by Crippen LogP contribution is -2.19. The zero-order chi connectivity index (χ0) is 14.8. The van der Waals surface area contributed by atoms with E-state index in [1.165, 1.54) is 10.9 Å². The van der Waals surface area contributed by atoms with Gasteiger partial charge in [-0.25, -0.2) is 4.39 Å². The Bertz CT molecular complexity index is 609. The van der Waals surface area contributed by atoms with Crippen LogP contribution in [0.5, 0.6) is 5.75 Å². The molecule has 0 saturated carbocycles. The van der Waals surface area contributed by atoms with Crippen molar-refractivity contribution in [3.8, 4) is 5.75 Å². The van der Waals surface area contributed by atoms with Crippen molar-refractivity contribution in [3.63, 3.8) is 0 Å². The highest BCUT2D eigenvalue weighted by Gasteiger charge is 2.33. The third kappa shape index (κ3) is 3.34. The SMILES string of the molecule is O=Cc1c(F)cc(Cn2cccn2)cc1OC(F)(F)F. The summed E-state index contributed by atoms with van der Waals surface area (Å²) in [5.74, 6) is -1.95. The molecular weight excluding hydrogens is 280 g/mol. The van der Waals surface area contributed by atoms with Gasteiger partial charge in [-0.3, -0.25) is 9.48 Å². The predicted molar refractivity (Wildman–Crippen MR) is 59.8 cm³/mol. The van der Waals surface area contributed by atoms with Crippen LogP contribution in [0.15, 0.2) is 30.6 Å². The van der Waals surface area contributed by atoms with Crippen LogP contribution in [0.2, 0.25) is 0 Å². The highest BCUT2D eigenvalue weighted by molar-refractivity contribution is 5.80. The monoisotopic (exact) mass is 288 g/mol. The standard InChI is InChI=1S/C12H8F4N2O2/c13-10-4-8(6-18-3-1-2-17-18)5-11(9(10)7-19)20-12(14,15)16/h1-5,7H,6H2. The van der Waals surface area contributed by atoms with Gasteiger partial charge in [0.2, 0.25) is 0 Å². The van der Waals surface area contributed by atoms with E-state index in [2.05, 4.69) is 9.84 Å². The summed E-state index contributed by atoms with van der Waals surface area (Å²) in [6.07, 6.45) is -1.98. The van der Waals surface area contributed by atoms with E-state index in [1.54, 1.807) is 12.3 Å². The van der Waals surface area contributed by atoms with Crippen molar-refractivity contribution in [1.29, 1.82) is 0 Å². The van der Waals surface area contributed by atoms with E-state index in [0.717, 1.165) is 12.1 Å². The minimum Gasteiger partial charge on any atom is -0.405 e. The molecule has 0 unspecified atom stereocenters. The average molecular weight is 288 g/mol. The lowest BCUT2D eigenvalue weighted by molar-refractivity contribution is -0.274. The molecule has 0 saturated heterocycles.